The number of carbonyl (C=O) groups is 1. The van der Waals surface area contributed by atoms with Crippen molar-refractivity contribution in [2.75, 3.05) is 0 Å². The summed E-state index contributed by atoms with van der Waals surface area (Å²) in [4.78, 5) is 23.4. The average Bonchev–Trinajstić information content (AvgIpc) is 3.07. The topological polar surface area (TPSA) is 83.6 Å². The second-order valence-electron chi connectivity index (χ2n) is 8.50. The first-order valence-electron chi connectivity index (χ1n) is 10.2. The van der Waals surface area contributed by atoms with Crippen molar-refractivity contribution < 1.29 is 19.2 Å². The van der Waals surface area contributed by atoms with Gasteiger partial charge < -0.3 is 14.0 Å². The Hall–Kier alpha value is -3.32. The maximum absolute atomic E-state index is 12.7. The monoisotopic (exact) mass is 454 g/mol. The highest BCUT2D eigenvalue weighted by Crippen LogP contribution is 2.55. The van der Waals surface area contributed by atoms with Crippen LogP contribution in [-0.2, 0) is 22.7 Å². The van der Waals surface area contributed by atoms with Crippen LogP contribution in [0.2, 0.25) is 5.02 Å². The van der Waals surface area contributed by atoms with E-state index in [1.54, 1.807) is 0 Å². The van der Waals surface area contributed by atoms with Crippen molar-refractivity contribution in [3.05, 3.63) is 93.3 Å². The summed E-state index contributed by atoms with van der Waals surface area (Å²) in [7, 11) is 0. The van der Waals surface area contributed by atoms with Gasteiger partial charge in [-0.1, -0.05) is 55.8 Å². The Bertz CT molecular complexity index is 1140. The van der Waals surface area contributed by atoms with Gasteiger partial charge in [0.25, 0.3) is 0 Å². The molecule has 1 aromatic heterocycles. The minimum Gasteiger partial charge on any atom is -0.482 e. The molecule has 1 aliphatic rings. The van der Waals surface area contributed by atoms with Crippen molar-refractivity contribution in [2.24, 2.45) is 11.3 Å². The Morgan fingerprint density at radius 3 is 2.62 bits per heavy atom. The number of hydrogen-bond acceptors (Lipinski definition) is 5. The number of esters is 1. The largest absolute Gasteiger partial charge is 0.482 e. The predicted molar refractivity (Wildman–Crippen MR) is 120 cm³/mol. The number of aromatic nitrogens is 1. The normalized spacial score (nSPS) is 18.7. The first-order valence-corrected chi connectivity index (χ1v) is 10.6. The highest BCUT2D eigenvalue weighted by molar-refractivity contribution is 6.30. The lowest BCUT2D eigenvalue weighted by atomic mass is 10.1. The van der Waals surface area contributed by atoms with Crippen LogP contribution in [0.4, 0.5) is 5.69 Å². The molecule has 1 saturated carbocycles. The first-order chi connectivity index (χ1) is 15.3. The lowest BCUT2D eigenvalue weighted by Crippen LogP contribution is -2.14. The van der Waals surface area contributed by atoms with Crippen molar-refractivity contribution in [3.8, 4) is 5.75 Å². The molecule has 7 nitrogen and oxygen atoms in total. The lowest BCUT2D eigenvalue weighted by Gasteiger charge is -2.08. The van der Waals surface area contributed by atoms with E-state index >= 15 is 0 Å². The van der Waals surface area contributed by atoms with Crippen molar-refractivity contribution in [3.63, 3.8) is 0 Å². The average molecular weight is 455 g/mol. The van der Waals surface area contributed by atoms with E-state index in [4.69, 9.17) is 21.1 Å². The molecular weight excluding hydrogens is 432 g/mol. The number of ether oxygens (including phenoxy) is 2. The molecular formula is C24H23ClN2O5. The Morgan fingerprint density at radius 1 is 1.16 bits per heavy atom. The van der Waals surface area contributed by atoms with E-state index < -0.39 is 28.3 Å². The van der Waals surface area contributed by atoms with Crippen LogP contribution < -0.4 is 4.74 Å². The molecule has 2 unspecified atom stereocenters. The molecule has 0 bridgehead atoms. The fourth-order valence-corrected chi connectivity index (χ4v) is 4.01. The first kappa shape index (κ1) is 21.9. The summed E-state index contributed by atoms with van der Waals surface area (Å²) in [6, 6.07) is 16.3. The quantitative estimate of drug-likeness (QED) is 0.264. The summed E-state index contributed by atoms with van der Waals surface area (Å²) >= 11 is 5.86. The fraction of sp³-hybridized carbons (Fsp3) is 0.292. The Kier molecular flexibility index (Phi) is 5.93. The summed E-state index contributed by atoms with van der Waals surface area (Å²) in [5, 5.41) is 11.5. The minimum absolute atomic E-state index is 0.0868. The minimum atomic E-state index is -0.553. The molecule has 3 aromatic rings. The standard InChI is InChI=1S/C24H23ClN2O5/c1-24(2)21(22(24)32-20-9-8-18(25)13-19(20)27(29)30)23(28)31-15-26-11-10-17(14-26)12-16-6-4-3-5-7-16/h3-11,13-14,21-22H,12,15H2,1-2H3. The van der Waals surface area contributed by atoms with E-state index in [0.717, 1.165) is 12.0 Å². The van der Waals surface area contributed by atoms with E-state index in [1.165, 1.54) is 23.8 Å². The van der Waals surface area contributed by atoms with Crippen LogP contribution in [0.1, 0.15) is 25.0 Å². The second-order valence-corrected chi connectivity index (χ2v) is 8.93. The number of nitro groups is 1. The summed E-state index contributed by atoms with van der Waals surface area (Å²) in [6.45, 7) is 3.84. The summed E-state index contributed by atoms with van der Waals surface area (Å²) in [5.74, 6) is -0.823. The fourth-order valence-electron chi connectivity index (χ4n) is 3.84. The summed E-state index contributed by atoms with van der Waals surface area (Å²) < 4.78 is 13.2. The molecule has 1 fully saturated rings. The third kappa shape index (κ3) is 4.62. The molecule has 0 amide bonds. The van der Waals surface area contributed by atoms with Crippen LogP contribution in [0.25, 0.3) is 0 Å². The highest BCUT2D eigenvalue weighted by atomic mass is 35.5. The third-order valence-corrected chi connectivity index (χ3v) is 6.01. The predicted octanol–water partition coefficient (Wildman–Crippen LogP) is 5.24. The van der Waals surface area contributed by atoms with E-state index in [9.17, 15) is 14.9 Å². The molecule has 1 aliphatic carbocycles. The highest BCUT2D eigenvalue weighted by Gasteiger charge is 2.65. The molecule has 0 saturated heterocycles. The Balaban J connectivity index is 1.36. The summed E-state index contributed by atoms with van der Waals surface area (Å²) in [5.41, 5.74) is 1.60. The van der Waals surface area contributed by atoms with Crippen molar-refractivity contribution in [1.82, 2.24) is 4.57 Å². The zero-order chi connectivity index (χ0) is 22.9. The van der Waals surface area contributed by atoms with Gasteiger partial charge in [-0.2, -0.15) is 0 Å². The SMILES string of the molecule is CC1(C)C(Oc2ccc(Cl)cc2[N+](=O)[O-])C1C(=O)OCn1ccc(Cc2ccccc2)c1. The van der Waals surface area contributed by atoms with Crippen molar-refractivity contribution in [1.29, 1.82) is 0 Å². The number of benzene rings is 2. The molecule has 4 rings (SSSR count). The molecule has 0 N–H and O–H groups in total. The molecule has 0 aliphatic heterocycles. The van der Waals surface area contributed by atoms with E-state index in [-0.39, 0.29) is 23.2 Å². The smallest absolute Gasteiger partial charge is 0.315 e. The maximum atomic E-state index is 12.7. The van der Waals surface area contributed by atoms with E-state index in [0.29, 0.717) is 0 Å². The number of halogens is 1. The molecule has 1 heterocycles. The number of hydrogen-bond donors (Lipinski definition) is 0. The second kappa shape index (κ2) is 8.67. The van der Waals surface area contributed by atoms with Gasteiger partial charge in [0.05, 0.1) is 4.92 Å². The van der Waals surface area contributed by atoms with Crippen molar-refractivity contribution >= 4 is 23.3 Å². The van der Waals surface area contributed by atoms with Gasteiger partial charge >= 0.3 is 11.7 Å². The van der Waals surface area contributed by atoms with Gasteiger partial charge in [0, 0.05) is 28.9 Å². The van der Waals surface area contributed by atoms with Gasteiger partial charge in [-0.05, 0) is 35.7 Å². The molecule has 166 valence electrons. The maximum Gasteiger partial charge on any atom is 0.315 e. The zero-order valence-electron chi connectivity index (χ0n) is 17.7. The zero-order valence-corrected chi connectivity index (χ0v) is 18.5. The van der Waals surface area contributed by atoms with Crippen LogP contribution >= 0.6 is 11.6 Å². The van der Waals surface area contributed by atoms with E-state index in [2.05, 4.69) is 12.1 Å². The van der Waals surface area contributed by atoms with Crippen LogP contribution in [0.15, 0.2) is 67.0 Å². The molecule has 0 radical (unpaired) electrons. The van der Waals surface area contributed by atoms with Gasteiger partial charge in [0.15, 0.2) is 12.5 Å². The summed E-state index contributed by atoms with van der Waals surface area (Å²) in [6.07, 6.45) is 4.10. The van der Waals surface area contributed by atoms with E-state index in [1.807, 2.05) is 55.1 Å². The molecule has 2 atom stereocenters. The molecule has 8 heteroatoms. The molecule has 0 spiro atoms. The van der Waals surface area contributed by atoms with Gasteiger partial charge in [0.1, 0.15) is 12.0 Å². The van der Waals surface area contributed by atoms with Gasteiger partial charge in [0.2, 0.25) is 0 Å². The Morgan fingerprint density at radius 2 is 1.91 bits per heavy atom. The third-order valence-electron chi connectivity index (χ3n) is 5.77. The molecule has 32 heavy (non-hydrogen) atoms. The van der Waals surface area contributed by atoms with Gasteiger partial charge in [-0.3, -0.25) is 14.9 Å². The van der Waals surface area contributed by atoms with Crippen LogP contribution in [0, 0.1) is 21.4 Å². The Labute approximate surface area is 190 Å². The number of nitrogens with zero attached hydrogens (tertiary/aromatic N) is 2. The van der Waals surface area contributed by atoms with Gasteiger partial charge in [-0.25, -0.2) is 0 Å². The van der Waals surface area contributed by atoms with Crippen molar-refractivity contribution in [2.45, 2.75) is 33.1 Å². The van der Waals surface area contributed by atoms with Crippen LogP contribution in [-0.4, -0.2) is 21.6 Å². The number of rotatable bonds is 8. The number of nitro benzene ring substituents is 1. The number of carbonyl (C=O) groups excluding carboxylic acids is 1. The lowest BCUT2D eigenvalue weighted by molar-refractivity contribution is -0.386. The van der Waals surface area contributed by atoms with Crippen LogP contribution in [0.3, 0.4) is 0 Å². The van der Waals surface area contributed by atoms with Gasteiger partial charge in [-0.15, -0.1) is 0 Å². The molecule has 2 aromatic carbocycles. The van der Waals surface area contributed by atoms with Crippen LogP contribution in [0.5, 0.6) is 5.75 Å².